The first-order chi connectivity index (χ1) is 47.3. The highest BCUT2D eigenvalue weighted by Crippen LogP contribution is 2.44. The lowest BCUT2D eigenvalue weighted by molar-refractivity contribution is -0.139. The number of allylic oxidation sites excluding steroid dienone is 3. The largest absolute Gasteiger partial charge is 0.419 e. The van der Waals surface area contributed by atoms with E-state index in [1.54, 1.807) is 61.5 Å². The normalized spacial score (nSPS) is 20.5. The molecule has 3 aliphatic carbocycles. The molecule has 21 nitrogen and oxygen atoms in total. The van der Waals surface area contributed by atoms with E-state index in [1.807, 2.05) is 13.8 Å². The van der Waals surface area contributed by atoms with Crippen molar-refractivity contribution in [3.05, 3.63) is 164 Å². The van der Waals surface area contributed by atoms with Crippen LogP contribution in [0.3, 0.4) is 0 Å². The standard InChI is InChI=1S/C23H23F3N6O.2C22H22F3N7S/c1-12-3-4-14(9-27-12)29-22-28-10-18(23(24,25)26)21(31-22)16-6-8-19-15(16)5-7-20(30-19)17-11-33-32-13(17)2;1-11-3-4-13(9-26-11)28-21-27-10-16(22(23,24)25)19(30-21)15-6-7-17-14(15)5-8-18(29-17)20-32-31-12(2)33-20;1-11-3-4-13(9-26-11)29-21-27-10-16(22(23,24)25)19(31-21)15-6-7-17-14(15)5-8-18(30-17)20-28-12(2)32-33-20/h5-7,10-12,14,27H,3-4,8-9H2,1-2H3,(H,28,29,31);5-6,8,10-11,13,26H,3-4,7,9H2,1-2H3,(H,27,28,30);5-6,8,10-11,13,26H,3-4,7,9H2,1-2H3,(H,27,29,31)/t12-,14-;2*11-,13-/m000/s1. The smallest absolute Gasteiger partial charge is 0.364 e. The van der Waals surface area contributed by atoms with Crippen LogP contribution in [0, 0.1) is 20.8 Å². The van der Waals surface area contributed by atoms with Crippen molar-refractivity contribution in [2.45, 2.75) is 154 Å². The molecule has 0 spiro atoms. The van der Waals surface area contributed by atoms with Gasteiger partial charge in [0.15, 0.2) is 10.0 Å². The van der Waals surface area contributed by atoms with Crippen molar-refractivity contribution in [3.8, 4) is 32.7 Å². The molecular formula is C67H67F9N20OS2. The molecule has 516 valence electrons. The van der Waals surface area contributed by atoms with E-state index in [4.69, 9.17) is 4.52 Å². The molecule has 3 saturated heterocycles. The molecule has 6 aliphatic rings. The Hall–Kier alpha value is -9.11. The first-order valence-electron chi connectivity index (χ1n) is 32.3. The van der Waals surface area contributed by atoms with Gasteiger partial charge in [0.1, 0.15) is 45.2 Å². The second-order valence-electron chi connectivity index (χ2n) is 25.2. The Morgan fingerprint density at radius 1 is 0.465 bits per heavy atom. The summed E-state index contributed by atoms with van der Waals surface area (Å²) in [6, 6.07) is 12.1. The van der Waals surface area contributed by atoms with Gasteiger partial charge in [0.25, 0.3) is 0 Å². The van der Waals surface area contributed by atoms with Gasteiger partial charge in [-0.15, -0.1) is 10.2 Å². The fourth-order valence-corrected chi connectivity index (χ4v) is 13.8. The van der Waals surface area contributed by atoms with Crippen LogP contribution in [-0.4, -0.2) is 125 Å². The van der Waals surface area contributed by atoms with Crippen LogP contribution in [-0.2, 0) is 37.8 Å². The lowest BCUT2D eigenvalue weighted by Gasteiger charge is -2.28. The molecule has 99 heavy (non-hydrogen) atoms. The summed E-state index contributed by atoms with van der Waals surface area (Å²) in [5.74, 6) is 1.25. The van der Waals surface area contributed by atoms with Gasteiger partial charge in [-0.2, -0.15) is 43.9 Å². The SMILES string of the molecule is Cc1nnc(-c2ccc3c(n2)CC=C3c2nc(N[C@H]3CC[C@H](C)NC3)ncc2C(F)(F)F)s1.Cc1nocc1-c1ccc2c(n1)CC=C2c1nc(N[C@H]2CC[C@H](C)NC2)ncc1C(F)(F)F.Cc1nsc(-c2ccc3c(n2)CC=C3c2nc(N[C@H]3CC[C@H](C)NC3)ncc2C(F)(F)F)n1. The molecule has 0 radical (unpaired) electrons. The molecule has 0 bridgehead atoms. The third kappa shape index (κ3) is 15.5. The molecule has 0 unspecified atom stereocenters. The highest BCUT2D eigenvalue weighted by Gasteiger charge is 2.41. The summed E-state index contributed by atoms with van der Waals surface area (Å²) in [6.07, 6.45) is 2.52. The molecule has 12 heterocycles. The van der Waals surface area contributed by atoms with E-state index in [-0.39, 0.29) is 53.1 Å². The number of aromatic nitrogens is 14. The first-order valence-corrected chi connectivity index (χ1v) is 33.9. The molecule has 0 amide bonds. The van der Waals surface area contributed by atoms with Gasteiger partial charge in [0.2, 0.25) is 17.8 Å². The molecule has 9 aromatic heterocycles. The maximum Gasteiger partial charge on any atom is 0.419 e. The minimum atomic E-state index is -4.58. The fraction of sp³-hybridized carbons (Fsp3) is 0.403. The van der Waals surface area contributed by atoms with Gasteiger partial charge in [-0.05, 0) is 110 Å². The van der Waals surface area contributed by atoms with Gasteiger partial charge in [-0.3, -0.25) is 4.98 Å². The summed E-state index contributed by atoms with van der Waals surface area (Å²) in [5.41, 5.74) is 5.75. The van der Waals surface area contributed by atoms with Crippen LogP contribution in [0.15, 0.2) is 84.0 Å². The number of rotatable bonds is 12. The Morgan fingerprint density at radius 2 is 0.859 bits per heavy atom. The number of halogens is 9. The first kappa shape index (κ1) is 68.4. The number of piperidine rings is 3. The molecule has 6 atom stereocenters. The topological polar surface area (TPSA) is 266 Å². The minimum absolute atomic E-state index is 0.0617. The third-order valence-corrected chi connectivity index (χ3v) is 19.5. The summed E-state index contributed by atoms with van der Waals surface area (Å²) in [6.45, 7) is 13.9. The number of aryl methyl sites for hydroxylation is 3. The van der Waals surface area contributed by atoms with Crippen LogP contribution in [0.25, 0.3) is 49.4 Å². The Bertz CT molecular complexity index is 4350. The average Bonchev–Trinajstić information content (AvgIpc) is 1.69. The fourth-order valence-electron chi connectivity index (χ4n) is 12.5. The molecule has 15 rings (SSSR count). The molecule has 32 heteroatoms. The van der Waals surface area contributed by atoms with Gasteiger partial charge in [-0.25, -0.2) is 44.9 Å². The lowest BCUT2D eigenvalue weighted by Crippen LogP contribution is -2.43. The summed E-state index contributed by atoms with van der Waals surface area (Å²) >= 11 is 2.67. The predicted octanol–water partition coefficient (Wildman–Crippen LogP) is 12.9. The number of nitrogens with zero attached hydrogens (tertiary/aromatic N) is 14. The van der Waals surface area contributed by atoms with Crippen LogP contribution in [0.5, 0.6) is 0 Å². The highest BCUT2D eigenvalue weighted by atomic mass is 32.1. The van der Waals surface area contributed by atoms with E-state index in [9.17, 15) is 39.5 Å². The number of hydrogen-bond acceptors (Lipinski definition) is 23. The van der Waals surface area contributed by atoms with Crippen molar-refractivity contribution in [2.24, 2.45) is 0 Å². The molecule has 6 N–H and O–H groups in total. The number of anilines is 3. The van der Waals surface area contributed by atoms with Crippen molar-refractivity contribution in [1.29, 1.82) is 0 Å². The zero-order valence-corrected chi connectivity index (χ0v) is 56.0. The number of alkyl halides is 9. The van der Waals surface area contributed by atoms with Gasteiger partial charge in [-0.1, -0.05) is 52.9 Å². The predicted molar refractivity (Wildman–Crippen MR) is 356 cm³/mol. The van der Waals surface area contributed by atoms with Gasteiger partial charge in [0, 0.05) is 127 Å². The quantitative estimate of drug-likeness (QED) is 0.0621. The second kappa shape index (κ2) is 28.3. The summed E-state index contributed by atoms with van der Waals surface area (Å²) in [4.78, 5) is 43.2. The molecule has 9 aromatic rings. The van der Waals surface area contributed by atoms with E-state index in [2.05, 4.69) is 122 Å². The van der Waals surface area contributed by atoms with E-state index in [0.717, 1.165) is 67.7 Å². The van der Waals surface area contributed by atoms with Crippen LogP contribution < -0.4 is 31.9 Å². The van der Waals surface area contributed by atoms with Crippen molar-refractivity contribution in [2.75, 3.05) is 35.6 Å². The number of fused-ring (bicyclic) bond motifs is 3. The van der Waals surface area contributed by atoms with Crippen LogP contribution in [0.1, 0.15) is 143 Å². The second-order valence-corrected chi connectivity index (χ2v) is 27.1. The molecule has 3 fully saturated rings. The molecule has 0 saturated carbocycles. The van der Waals surface area contributed by atoms with E-state index in [1.165, 1.54) is 29.1 Å². The maximum absolute atomic E-state index is 13.8. The maximum atomic E-state index is 13.8. The van der Waals surface area contributed by atoms with E-state index < -0.39 is 35.2 Å². The summed E-state index contributed by atoms with van der Waals surface area (Å²) in [7, 11) is 0. The molecule has 3 aliphatic heterocycles. The molecular weight excluding hydrogens is 1340 g/mol. The summed E-state index contributed by atoms with van der Waals surface area (Å²) < 4.78 is 134. The highest BCUT2D eigenvalue weighted by molar-refractivity contribution is 7.14. The zero-order valence-electron chi connectivity index (χ0n) is 54.3. The van der Waals surface area contributed by atoms with Gasteiger partial charge in [0.05, 0.1) is 51.1 Å². The zero-order chi connectivity index (χ0) is 69.5. The van der Waals surface area contributed by atoms with Crippen molar-refractivity contribution >= 4 is 57.4 Å². The Balaban J connectivity index is 0.000000133. The van der Waals surface area contributed by atoms with Crippen LogP contribution in [0.4, 0.5) is 57.4 Å². The Morgan fingerprint density at radius 3 is 1.19 bits per heavy atom. The van der Waals surface area contributed by atoms with E-state index in [0.29, 0.717) is 146 Å². The van der Waals surface area contributed by atoms with Gasteiger partial charge < -0.3 is 36.4 Å². The van der Waals surface area contributed by atoms with E-state index >= 15 is 0 Å². The minimum Gasteiger partial charge on any atom is -0.364 e. The number of pyridine rings is 3. The monoisotopic (exact) mass is 1400 g/mol. The Labute approximate surface area is 570 Å². The number of hydrogen-bond donors (Lipinski definition) is 6. The van der Waals surface area contributed by atoms with Gasteiger partial charge >= 0.3 is 18.5 Å². The van der Waals surface area contributed by atoms with Crippen molar-refractivity contribution < 1.29 is 44.0 Å². The molecule has 0 aromatic carbocycles. The van der Waals surface area contributed by atoms with Crippen LogP contribution >= 0.6 is 22.9 Å². The van der Waals surface area contributed by atoms with Crippen LogP contribution in [0.2, 0.25) is 0 Å². The number of nitrogens with one attached hydrogen (secondary N) is 6. The van der Waals surface area contributed by atoms with Crippen molar-refractivity contribution in [1.82, 2.24) is 85.5 Å². The summed E-state index contributed by atoms with van der Waals surface area (Å²) in [5, 5.41) is 33.8. The lowest BCUT2D eigenvalue weighted by atomic mass is 10.0. The van der Waals surface area contributed by atoms with Crippen molar-refractivity contribution in [3.63, 3.8) is 0 Å². The average molecular weight is 1400 g/mol. The Kier molecular flexibility index (Phi) is 19.5. The third-order valence-electron chi connectivity index (χ3n) is 17.8.